The molecular weight excluding hydrogens is 245 g/mol. The van der Waals surface area contributed by atoms with Crippen molar-refractivity contribution in [2.24, 2.45) is 0 Å². The van der Waals surface area contributed by atoms with Gasteiger partial charge in [-0.25, -0.2) is 4.39 Å². The van der Waals surface area contributed by atoms with Crippen molar-refractivity contribution < 1.29 is 13.9 Å². The fourth-order valence-corrected chi connectivity index (χ4v) is 1.71. The molecule has 0 aromatic heterocycles. The number of methoxy groups -OCH3 is 1. The quantitative estimate of drug-likeness (QED) is 0.916. The maximum Gasteiger partial charge on any atom is 0.254 e. The molecule has 0 saturated heterocycles. The van der Waals surface area contributed by atoms with E-state index in [-0.39, 0.29) is 5.56 Å². The first-order valence-corrected chi connectivity index (χ1v) is 5.86. The molecule has 0 fully saturated rings. The first-order valence-electron chi connectivity index (χ1n) is 5.86. The number of hydrogen-bond donors (Lipinski definition) is 1. The highest BCUT2D eigenvalue weighted by Gasteiger charge is 2.10. The van der Waals surface area contributed by atoms with Crippen LogP contribution >= 0.6 is 0 Å². The third-order valence-corrected chi connectivity index (χ3v) is 2.71. The summed E-state index contributed by atoms with van der Waals surface area (Å²) in [4.78, 5) is 11.8. The van der Waals surface area contributed by atoms with Crippen molar-refractivity contribution in [3.63, 3.8) is 0 Å². The van der Waals surface area contributed by atoms with E-state index in [1.54, 1.807) is 19.2 Å². The van der Waals surface area contributed by atoms with Crippen LogP contribution in [0, 0.1) is 5.82 Å². The highest BCUT2D eigenvalue weighted by molar-refractivity contribution is 5.94. The summed E-state index contributed by atoms with van der Waals surface area (Å²) >= 11 is 0. The van der Waals surface area contributed by atoms with Gasteiger partial charge in [0.15, 0.2) is 0 Å². The molecule has 0 spiro atoms. The predicted molar refractivity (Wildman–Crippen MR) is 70.6 cm³/mol. The number of rotatable bonds is 4. The Balaban J connectivity index is 2.02. The lowest BCUT2D eigenvalue weighted by molar-refractivity contribution is 0.0947. The number of amides is 1. The first-order chi connectivity index (χ1) is 9.20. The van der Waals surface area contributed by atoms with Crippen LogP contribution in [0.5, 0.6) is 5.75 Å². The Hall–Kier alpha value is -2.36. The van der Waals surface area contributed by atoms with Crippen LogP contribution in [0.3, 0.4) is 0 Å². The van der Waals surface area contributed by atoms with Crippen molar-refractivity contribution in [3.05, 3.63) is 65.5 Å². The number of ether oxygens (including phenoxy) is 1. The summed E-state index contributed by atoms with van der Waals surface area (Å²) in [6.07, 6.45) is 0. The Kier molecular flexibility index (Phi) is 4.13. The first kappa shape index (κ1) is 13.1. The van der Waals surface area contributed by atoms with Crippen LogP contribution in [0.25, 0.3) is 0 Å². The second-order valence-corrected chi connectivity index (χ2v) is 4.01. The minimum atomic E-state index is -0.523. The van der Waals surface area contributed by atoms with Crippen LogP contribution in [-0.4, -0.2) is 13.0 Å². The molecule has 4 heteroatoms. The van der Waals surface area contributed by atoms with Crippen LogP contribution in [0.2, 0.25) is 0 Å². The van der Waals surface area contributed by atoms with E-state index in [9.17, 15) is 9.18 Å². The molecule has 19 heavy (non-hydrogen) atoms. The van der Waals surface area contributed by atoms with Gasteiger partial charge in [-0.2, -0.15) is 0 Å². The maximum absolute atomic E-state index is 13.4. The number of hydrogen-bond acceptors (Lipinski definition) is 2. The summed E-state index contributed by atoms with van der Waals surface area (Å²) in [5.74, 6) is -0.232. The molecule has 98 valence electrons. The normalized spacial score (nSPS) is 10.0. The number of carbonyl (C=O) groups is 1. The lowest BCUT2D eigenvalue weighted by Crippen LogP contribution is -2.23. The van der Waals surface area contributed by atoms with Crippen LogP contribution < -0.4 is 10.1 Å². The average molecular weight is 259 g/mol. The molecule has 0 aliphatic rings. The summed E-state index contributed by atoms with van der Waals surface area (Å²) in [6, 6.07) is 13.2. The SMILES string of the molecule is COc1cccc(CNC(=O)c2ccccc2F)c1. The zero-order valence-electron chi connectivity index (χ0n) is 10.5. The second kappa shape index (κ2) is 6.00. The van der Waals surface area contributed by atoms with Crippen LogP contribution in [0.4, 0.5) is 4.39 Å². The molecule has 0 unspecified atom stereocenters. The van der Waals surface area contributed by atoms with Gasteiger partial charge in [0.1, 0.15) is 11.6 Å². The van der Waals surface area contributed by atoms with E-state index < -0.39 is 11.7 Å². The molecule has 1 amide bonds. The van der Waals surface area contributed by atoms with E-state index in [0.717, 1.165) is 11.3 Å². The highest BCUT2D eigenvalue weighted by atomic mass is 19.1. The Morgan fingerprint density at radius 1 is 1.21 bits per heavy atom. The Labute approximate surface area is 111 Å². The number of halogens is 1. The predicted octanol–water partition coefficient (Wildman–Crippen LogP) is 2.76. The van der Waals surface area contributed by atoms with Gasteiger partial charge in [-0.3, -0.25) is 4.79 Å². The fraction of sp³-hybridized carbons (Fsp3) is 0.133. The van der Waals surface area contributed by atoms with Gasteiger partial charge in [-0.15, -0.1) is 0 Å². The minimum absolute atomic E-state index is 0.0467. The van der Waals surface area contributed by atoms with E-state index in [0.29, 0.717) is 6.54 Å². The molecule has 2 rings (SSSR count). The average Bonchev–Trinajstić information content (AvgIpc) is 2.45. The molecule has 2 aromatic rings. The van der Waals surface area contributed by atoms with E-state index in [1.807, 2.05) is 24.3 Å². The molecule has 0 saturated carbocycles. The van der Waals surface area contributed by atoms with Crippen molar-refractivity contribution >= 4 is 5.91 Å². The van der Waals surface area contributed by atoms with Crippen LogP contribution in [0.15, 0.2) is 48.5 Å². The monoisotopic (exact) mass is 259 g/mol. The number of carbonyl (C=O) groups excluding carboxylic acids is 1. The van der Waals surface area contributed by atoms with Gasteiger partial charge in [0.05, 0.1) is 12.7 Å². The van der Waals surface area contributed by atoms with Gasteiger partial charge in [0.25, 0.3) is 5.91 Å². The second-order valence-electron chi connectivity index (χ2n) is 4.01. The van der Waals surface area contributed by atoms with Gasteiger partial charge in [-0.1, -0.05) is 24.3 Å². The van der Waals surface area contributed by atoms with E-state index in [1.165, 1.54) is 12.1 Å². The summed E-state index contributed by atoms with van der Waals surface area (Å²) in [5.41, 5.74) is 0.939. The van der Waals surface area contributed by atoms with Gasteiger partial charge >= 0.3 is 0 Å². The molecule has 0 bridgehead atoms. The molecule has 0 aliphatic heterocycles. The smallest absolute Gasteiger partial charge is 0.254 e. The zero-order chi connectivity index (χ0) is 13.7. The van der Waals surface area contributed by atoms with Crippen molar-refractivity contribution in [2.75, 3.05) is 7.11 Å². The van der Waals surface area contributed by atoms with Gasteiger partial charge < -0.3 is 10.1 Å². The van der Waals surface area contributed by atoms with E-state index in [2.05, 4.69) is 5.32 Å². The van der Waals surface area contributed by atoms with Crippen molar-refractivity contribution in [2.45, 2.75) is 6.54 Å². The molecular formula is C15H14FNO2. The molecule has 2 aromatic carbocycles. The summed E-state index contributed by atoms with van der Waals surface area (Å²) in [5, 5.41) is 2.67. The number of nitrogens with one attached hydrogen (secondary N) is 1. The number of benzene rings is 2. The summed E-state index contributed by atoms with van der Waals surface area (Å²) in [7, 11) is 1.58. The summed E-state index contributed by atoms with van der Waals surface area (Å²) in [6.45, 7) is 0.324. The molecule has 0 heterocycles. The Morgan fingerprint density at radius 2 is 2.00 bits per heavy atom. The third kappa shape index (κ3) is 3.31. The zero-order valence-corrected chi connectivity index (χ0v) is 10.5. The highest BCUT2D eigenvalue weighted by Crippen LogP contribution is 2.12. The third-order valence-electron chi connectivity index (χ3n) is 2.71. The molecule has 1 N–H and O–H groups in total. The molecule has 0 radical (unpaired) electrons. The standard InChI is InChI=1S/C15H14FNO2/c1-19-12-6-4-5-11(9-12)10-17-15(18)13-7-2-3-8-14(13)16/h2-9H,10H2,1H3,(H,17,18). The molecule has 3 nitrogen and oxygen atoms in total. The van der Waals surface area contributed by atoms with Crippen molar-refractivity contribution in [1.82, 2.24) is 5.32 Å². The largest absolute Gasteiger partial charge is 0.497 e. The van der Waals surface area contributed by atoms with Gasteiger partial charge in [0.2, 0.25) is 0 Å². The lowest BCUT2D eigenvalue weighted by atomic mass is 10.2. The van der Waals surface area contributed by atoms with Gasteiger partial charge in [-0.05, 0) is 29.8 Å². The summed E-state index contributed by atoms with van der Waals surface area (Å²) < 4.78 is 18.5. The maximum atomic E-state index is 13.4. The lowest BCUT2D eigenvalue weighted by Gasteiger charge is -2.07. The van der Waals surface area contributed by atoms with Crippen molar-refractivity contribution in [3.8, 4) is 5.75 Å². The van der Waals surface area contributed by atoms with Crippen LogP contribution in [0.1, 0.15) is 15.9 Å². The topological polar surface area (TPSA) is 38.3 Å². The molecule has 0 atom stereocenters. The fourth-order valence-electron chi connectivity index (χ4n) is 1.71. The van der Waals surface area contributed by atoms with E-state index in [4.69, 9.17) is 4.74 Å². The minimum Gasteiger partial charge on any atom is -0.497 e. The van der Waals surface area contributed by atoms with Crippen molar-refractivity contribution in [1.29, 1.82) is 0 Å². The van der Waals surface area contributed by atoms with Crippen LogP contribution in [-0.2, 0) is 6.54 Å². The Morgan fingerprint density at radius 3 is 2.74 bits per heavy atom. The van der Waals surface area contributed by atoms with E-state index >= 15 is 0 Å². The van der Waals surface area contributed by atoms with Gasteiger partial charge in [0, 0.05) is 6.54 Å². The Bertz CT molecular complexity index is 584. The molecule has 0 aliphatic carbocycles.